The van der Waals surface area contributed by atoms with Crippen LogP contribution in [0, 0.1) is 23.7 Å². The average Bonchev–Trinajstić information content (AvgIpc) is 3.39. The Balaban J connectivity index is 1.42. The summed E-state index contributed by atoms with van der Waals surface area (Å²) >= 11 is 0. The number of fused-ring (bicyclic) bond motifs is 2. The fourth-order valence-corrected chi connectivity index (χ4v) is 6.46. The first-order valence-corrected chi connectivity index (χ1v) is 14.0. The molecular weight excluding hydrogens is 368 g/mol. The minimum Gasteiger partial charge on any atom is -0.390 e. The van der Waals surface area contributed by atoms with Crippen molar-refractivity contribution in [1.82, 2.24) is 0 Å². The molecule has 178 valence electrons. The van der Waals surface area contributed by atoms with E-state index < -0.39 is 12.2 Å². The maximum Gasteiger partial charge on any atom is 0.0832 e. The summed E-state index contributed by atoms with van der Waals surface area (Å²) < 4.78 is 0. The van der Waals surface area contributed by atoms with Gasteiger partial charge in [0, 0.05) is 0 Å². The molecule has 2 aliphatic carbocycles. The normalized spacial score (nSPS) is 26.2. The molecule has 0 spiro atoms. The molecule has 6 atom stereocenters. The SMILES string of the molecule is CCCCCCCCCCCCCCCCC(CC)C(O)C(O)C1CC2CCC1C2. The van der Waals surface area contributed by atoms with E-state index in [1.54, 1.807) is 0 Å². The van der Waals surface area contributed by atoms with E-state index in [-0.39, 0.29) is 5.92 Å². The second-order valence-corrected chi connectivity index (χ2v) is 10.9. The molecule has 2 rings (SSSR count). The summed E-state index contributed by atoms with van der Waals surface area (Å²) in [7, 11) is 0. The third-order valence-corrected chi connectivity index (χ3v) is 8.52. The van der Waals surface area contributed by atoms with E-state index in [0.29, 0.717) is 11.8 Å². The Morgan fingerprint density at radius 3 is 1.63 bits per heavy atom. The molecule has 2 N–H and O–H groups in total. The quantitative estimate of drug-likeness (QED) is 0.207. The van der Waals surface area contributed by atoms with Gasteiger partial charge < -0.3 is 10.2 Å². The zero-order valence-electron chi connectivity index (χ0n) is 20.5. The molecule has 2 heteroatoms. The van der Waals surface area contributed by atoms with Gasteiger partial charge >= 0.3 is 0 Å². The lowest BCUT2D eigenvalue weighted by molar-refractivity contribution is -0.0626. The first-order valence-electron chi connectivity index (χ1n) is 14.0. The molecule has 0 aromatic heterocycles. The Bertz CT molecular complexity index is 409. The maximum atomic E-state index is 10.8. The predicted octanol–water partition coefficient (Wildman–Crippen LogP) is 8.04. The van der Waals surface area contributed by atoms with Gasteiger partial charge in [0.15, 0.2) is 0 Å². The Morgan fingerprint density at radius 1 is 0.667 bits per heavy atom. The minimum atomic E-state index is -0.499. The molecule has 6 unspecified atom stereocenters. The Hall–Kier alpha value is -0.0800. The predicted molar refractivity (Wildman–Crippen MR) is 130 cm³/mol. The van der Waals surface area contributed by atoms with Gasteiger partial charge in [-0.2, -0.15) is 0 Å². The molecular formula is C28H54O2. The van der Waals surface area contributed by atoms with Crippen molar-refractivity contribution >= 4 is 0 Å². The van der Waals surface area contributed by atoms with E-state index in [0.717, 1.165) is 25.2 Å². The summed E-state index contributed by atoms with van der Waals surface area (Å²) in [5.74, 6) is 2.20. The highest BCUT2D eigenvalue weighted by molar-refractivity contribution is 4.95. The molecule has 2 saturated carbocycles. The van der Waals surface area contributed by atoms with Crippen LogP contribution in [0.5, 0.6) is 0 Å². The lowest BCUT2D eigenvalue weighted by atomic mass is 9.78. The molecule has 30 heavy (non-hydrogen) atoms. The van der Waals surface area contributed by atoms with Crippen molar-refractivity contribution in [1.29, 1.82) is 0 Å². The van der Waals surface area contributed by atoms with E-state index in [9.17, 15) is 10.2 Å². The van der Waals surface area contributed by atoms with Crippen molar-refractivity contribution in [2.75, 3.05) is 0 Å². The van der Waals surface area contributed by atoms with Gasteiger partial charge in [0.1, 0.15) is 0 Å². The summed E-state index contributed by atoms with van der Waals surface area (Å²) in [6, 6.07) is 0. The molecule has 0 aromatic carbocycles. The average molecular weight is 423 g/mol. The van der Waals surface area contributed by atoms with Crippen LogP contribution in [0.25, 0.3) is 0 Å². The van der Waals surface area contributed by atoms with Gasteiger partial charge in [-0.1, -0.05) is 117 Å². The standard InChI is InChI=1S/C28H54O2/c1-3-5-6-7-8-9-10-11-12-13-14-15-16-17-18-24(4-2)27(29)28(30)26-22-23-19-20-25(26)21-23/h23-30H,3-22H2,1-2H3. The third kappa shape index (κ3) is 9.19. The Kier molecular flexibility index (Phi) is 13.7. The van der Waals surface area contributed by atoms with Crippen LogP contribution >= 0.6 is 0 Å². The summed E-state index contributed by atoms with van der Waals surface area (Å²) in [5, 5.41) is 21.6. The van der Waals surface area contributed by atoms with Gasteiger partial charge in [-0.05, 0) is 49.4 Å². The fourth-order valence-electron chi connectivity index (χ4n) is 6.46. The highest BCUT2D eigenvalue weighted by atomic mass is 16.3. The van der Waals surface area contributed by atoms with Gasteiger partial charge in [-0.3, -0.25) is 0 Å². The van der Waals surface area contributed by atoms with Crippen LogP contribution in [0.2, 0.25) is 0 Å². The zero-order valence-corrected chi connectivity index (χ0v) is 20.5. The third-order valence-electron chi connectivity index (χ3n) is 8.52. The van der Waals surface area contributed by atoms with Gasteiger partial charge in [0.2, 0.25) is 0 Å². The lowest BCUT2D eigenvalue weighted by Gasteiger charge is -2.33. The summed E-state index contributed by atoms with van der Waals surface area (Å²) in [6.07, 6.45) is 25.7. The van der Waals surface area contributed by atoms with Crippen molar-refractivity contribution in [2.24, 2.45) is 23.7 Å². The molecule has 2 aliphatic rings. The van der Waals surface area contributed by atoms with Crippen LogP contribution in [-0.2, 0) is 0 Å². The maximum absolute atomic E-state index is 10.8. The summed E-state index contributed by atoms with van der Waals surface area (Å²) in [6.45, 7) is 4.47. The molecule has 0 radical (unpaired) electrons. The molecule has 2 fully saturated rings. The van der Waals surface area contributed by atoms with Crippen LogP contribution in [0.3, 0.4) is 0 Å². The number of aliphatic hydroxyl groups is 2. The molecule has 0 saturated heterocycles. The van der Waals surface area contributed by atoms with Crippen molar-refractivity contribution in [3.05, 3.63) is 0 Å². The largest absolute Gasteiger partial charge is 0.390 e. The summed E-state index contributed by atoms with van der Waals surface area (Å²) in [4.78, 5) is 0. The second-order valence-electron chi connectivity index (χ2n) is 10.9. The number of hydrogen-bond acceptors (Lipinski definition) is 2. The van der Waals surface area contributed by atoms with Crippen molar-refractivity contribution in [3.63, 3.8) is 0 Å². The molecule has 2 nitrogen and oxygen atoms in total. The van der Waals surface area contributed by atoms with Crippen LogP contribution < -0.4 is 0 Å². The smallest absolute Gasteiger partial charge is 0.0832 e. The highest BCUT2D eigenvalue weighted by Crippen LogP contribution is 2.50. The number of hydrogen-bond donors (Lipinski definition) is 2. The van der Waals surface area contributed by atoms with Gasteiger partial charge in [-0.15, -0.1) is 0 Å². The molecule has 0 heterocycles. The first-order chi connectivity index (χ1) is 14.7. The van der Waals surface area contributed by atoms with Crippen molar-refractivity contribution in [2.45, 2.75) is 154 Å². The van der Waals surface area contributed by atoms with Crippen LogP contribution in [0.4, 0.5) is 0 Å². The second kappa shape index (κ2) is 15.7. The monoisotopic (exact) mass is 422 g/mol. The van der Waals surface area contributed by atoms with E-state index in [1.807, 2.05) is 0 Å². The Labute approximate surface area is 188 Å². The van der Waals surface area contributed by atoms with E-state index in [1.165, 1.54) is 109 Å². The van der Waals surface area contributed by atoms with E-state index in [4.69, 9.17) is 0 Å². The molecule has 0 aromatic rings. The Morgan fingerprint density at radius 2 is 1.20 bits per heavy atom. The van der Waals surface area contributed by atoms with Gasteiger partial charge in [-0.25, -0.2) is 0 Å². The molecule has 0 aliphatic heterocycles. The molecule has 2 bridgehead atoms. The van der Waals surface area contributed by atoms with Crippen LogP contribution in [0.15, 0.2) is 0 Å². The number of aliphatic hydroxyl groups excluding tert-OH is 2. The first kappa shape index (κ1) is 26.2. The minimum absolute atomic E-state index is 0.288. The lowest BCUT2D eigenvalue weighted by Crippen LogP contribution is -2.40. The zero-order chi connectivity index (χ0) is 21.6. The van der Waals surface area contributed by atoms with Crippen molar-refractivity contribution < 1.29 is 10.2 Å². The summed E-state index contributed by atoms with van der Waals surface area (Å²) in [5.41, 5.74) is 0. The molecule has 0 amide bonds. The van der Waals surface area contributed by atoms with Crippen LogP contribution in [0.1, 0.15) is 142 Å². The number of unbranched alkanes of at least 4 members (excludes halogenated alkanes) is 13. The van der Waals surface area contributed by atoms with Gasteiger partial charge in [0.05, 0.1) is 12.2 Å². The number of rotatable bonds is 19. The highest BCUT2D eigenvalue weighted by Gasteiger charge is 2.45. The fraction of sp³-hybridized carbons (Fsp3) is 1.00. The van der Waals surface area contributed by atoms with Gasteiger partial charge in [0.25, 0.3) is 0 Å². The van der Waals surface area contributed by atoms with E-state index >= 15 is 0 Å². The van der Waals surface area contributed by atoms with Crippen LogP contribution in [-0.4, -0.2) is 22.4 Å². The van der Waals surface area contributed by atoms with Crippen molar-refractivity contribution in [3.8, 4) is 0 Å². The van der Waals surface area contributed by atoms with E-state index in [2.05, 4.69) is 13.8 Å². The topological polar surface area (TPSA) is 40.5 Å².